The summed E-state index contributed by atoms with van der Waals surface area (Å²) in [5, 5.41) is 6.36. The highest BCUT2D eigenvalue weighted by molar-refractivity contribution is 7.98. The van der Waals surface area contributed by atoms with E-state index in [1.54, 1.807) is 24.1 Å². The van der Waals surface area contributed by atoms with Gasteiger partial charge >= 0.3 is 6.18 Å². The van der Waals surface area contributed by atoms with Crippen LogP contribution in [0.2, 0.25) is 0 Å². The summed E-state index contributed by atoms with van der Waals surface area (Å²) in [7, 11) is 0. The van der Waals surface area contributed by atoms with Gasteiger partial charge in [0.15, 0.2) is 5.96 Å². The highest BCUT2D eigenvalue weighted by Gasteiger charge is 2.30. The predicted molar refractivity (Wildman–Crippen MR) is 99.4 cm³/mol. The fourth-order valence-electron chi connectivity index (χ4n) is 2.22. The van der Waals surface area contributed by atoms with Gasteiger partial charge in [-0.15, -0.1) is 0 Å². The molecule has 2 aromatic rings. The Kier molecular flexibility index (Phi) is 7.90. The average Bonchev–Trinajstić information content (AvgIpc) is 3.12. The molecule has 0 unspecified atom stereocenters. The Balaban J connectivity index is 1.96. The lowest BCUT2D eigenvalue weighted by atomic mass is 10.1. The molecule has 1 heterocycles. The number of thioether (sulfide) groups is 1. The van der Waals surface area contributed by atoms with Gasteiger partial charge in [0.25, 0.3) is 0 Å². The summed E-state index contributed by atoms with van der Waals surface area (Å²) in [5.74, 6) is 2.34. The normalized spacial score (nSPS) is 12.2. The Bertz CT molecular complexity index is 687. The van der Waals surface area contributed by atoms with Crippen LogP contribution in [0, 0.1) is 0 Å². The van der Waals surface area contributed by atoms with Crippen LogP contribution >= 0.6 is 11.8 Å². The summed E-state index contributed by atoms with van der Waals surface area (Å²) in [6, 6.07) is 8.95. The number of aliphatic imine (C=N–C) groups is 1. The van der Waals surface area contributed by atoms with E-state index in [0.717, 1.165) is 30.2 Å². The molecule has 0 atom stereocenters. The van der Waals surface area contributed by atoms with Gasteiger partial charge in [-0.05, 0) is 36.1 Å². The quantitative estimate of drug-likeness (QED) is 0.411. The molecular weight excluding hydrogens is 363 g/mol. The van der Waals surface area contributed by atoms with E-state index >= 15 is 0 Å². The minimum atomic E-state index is -4.35. The lowest BCUT2D eigenvalue weighted by Gasteiger charge is -2.12. The zero-order valence-corrected chi connectivity index (χ0v) is 15.3. The number of nitrogens with one attached hydrogen (secondary N) is 2. The summed E-state index contributed by atoms with van der Waals surface area (Å²) < 4.78 is 43.7. The van der Waals surface area contributed by atoms with Crippen LogP contribution < -0.4 is 10.6 Å². The third kappa shape index (κ3) is 7.03. The minimum Gasteiger partial charge on any atom is -0.469 e. The Morgan fingerprint density at radius 3 is 2.65 bits per heavy atom. The fourth-order valence-corrected chi connectivity index (χ4v) is 2.53. The van der Waals surface area contributed by atoms with Gasteiger partial charge in [-0.1, -0.05) is 12.1 Å². The van der Waals surface area contributed by atoms with Crippen LogP contribution in [0.3, 0.4) is 0 Å². The van der Waals surface area contributed by atoms with Gasteiger partial charge in [-0.2, -0.15) is 24.9 Å². The highest BCUT2D eigenvalue weighted by Crippen LogP contribution is 2.29. The third-order valence-electron chi connectivity index (χ3n) is 3.52. The van der Waals surface area contributed by atoms with Gasteiger partial charge in [0.2, 0.25) is 0 Å². The molecule has 8 heteroatoms. The minimum absolute atomic E-state index is 0.166. The third-order valence-corrected chi connectivity index (χ3v) is 4.13. The molecule has 4 nitrogen and oxygen atoms in total. The van der Waals surface area contributed by atoms with Gasteiger partial charge in [0, 0.05) is 25.3 Å². The molecule has 0 saturated carbocycles. The first-order chi connectivity index (χ1) is 12.5. The number of alkyl halides is 3. The van der Waals surface area contributed by atoms with Crippen molar-refractivity contribution in [1.82, 2.24) is 10.6 Å². The van der Waals surface area contributed by atoms with Crippen molar-refractivity contribution < 1.29 is 17.6 Å². The highest BCUT2D eigenvalue weighted by atomic mass is 32.2. The maximum Gasteiger partial charge on any atom is 0.416 e. The molecule has 0 aliphatic carbocycles. The van der Waals surface area contributed by atoms with E-state index in [1.165, 1.54) is 6.07 Å². The molecular formula is C18H22F3N3OS. The summed E-state index contributed by atoms with van der Waals surface area (Å²) in [4.78, 5) is 4.39. The van der Waals surface area contributed by atoms with E-state index in [9.17, 15) is 13.2 Å². The summed E-state index contributed by atoms with van der Waals surface area (Å²) in [6.45, 7) is 1.50. The first kappa shape index (κ1) is 20.2. The van der Waals surface area contributed by atoms with Crippen LogP contribution in [0.4, 0.5) is 13.2 Å². The molecule has 0 radical (unpaired) electrons. The SMILES string of the molecule is CSCCNC(=NCc1cccc(C(F)(F)F)c1)NCCc1ccco1. The second-order valence-electron chi connectivity index (χ2n) is 5.54. The molecule has 0 saturated heterocycles. The van der Waals surface area contributed by atoms with Crippen molar-refractivity contribution >= 4 is 17.7 Å². The number of guanidine groups is 1. The summed E-state index contributed by atoms with van der Waals surface area (Å²) in [5.41, 5.74) is -0.148. The molecule has 0 amide bonds. The molecule has 1 aromatic heterocycles. The van der Waals surface area contributed by atoms with Crippen molar-refractivity contribution in [1.29, 1.82) is 0 Å². The Morgan fingerprint density at radius 1 is 1.15 bits per heavy atom. The van der Waals surface area contributed by atoms with Crippen LogP contribution in [0.5, 0.6) is 0 Å². The number of nitrogens with zero attached hydrogens (tertiary/aromatic N) is 1. The van der Waals surface area contributed by atoms with E-state index in [1.807, 2.05) is 18.4 Å². The number of hydrogen-bond acceptors (Lipinski definition) is 3. The van der Waals surface area contributed by atoms with E-state index in [4.69, 9.17) is 4.42 Å². The van der Waals surface area contributed by atoms with Crippen LogP contribution in [-0.4, -0.2) is 31.1 Å². The number of benzene rings is 1. The molecule has 0 fully saturated rings. The summed E-state index contributed by atoms with van der Waals surface area (Å²) >= 11 is 1.70. The Labute approximate surface area is 155 Å². The van der Waals surface area contributed by atoms with Gasteiger partial charge in [0.05, 0.1) is 18.4 Å². The van der Waals surface area contributed by atoms with Gasteiger partial charge in [-0.3, -0.25) is 0 Å². The van der Waals surface area contributed by atoms with Crippen molar-refractivity contribution in [3.05, 3.63) is 59.5 Å². The Hall–Kier alpha value is -2.09. The molecule has 0 aliphatic rings. The Morgan fingerprint density at radius 2 is 1.96 bits per heavy atom. The van der Waals surface area contributed by atoms with E-state index in [-0.39, 0.29) is 6.54 Å². The molecule has 1 aromatic carbocycles. The van der Waals surface area contributed by atoms with Crippen LogP contribution in [0.25, 0.3) is 0 Å². The number of halogens is 3. The molecule has 2 N–H and O–H groups in total. The molecule has 0 aliphatic heterocycles. The molecule has 26 heavy (non-hydrogen) atoms. The van der Waals surface area contributed by atoms with Crippen LogP contribution in [-0.2, 0) is 19.1 Å². The molecule has 2 rings (SSSR count). The lowest BCUT2D eigenvalue weighted by molar-refractivity contribution is -0.137. The average molecular weight is 385 g/mol. The maximum absolute atomic E-state index is 12.8. The second-order valence-corrected chi connectivity index (χ2v) is 6.52. The zero-order chi connectivity index (χ0) is 18.8. The largest absolute Gasteiger partial charge is 0.469 e. The van der Waals surface area contributed by atoms with Gasteiger partial charge in [0.1, 0.15) is 5.76 Å². The lowest BCUT2D eigenvalue weighted by Crippen LogP contribution is -2.39. The second kappa shape index (κ2) is 10.2. The van der Waals surface area contributed by atoms with Gasteiger partial charge < -0.3 is 15.1 Å². The van der Waals surface area contributed by atoms with E-state index in [0.29, 0.717) is 24.5 Å². The molecule has 0 bridgehead atoms. The number of furan rings is 1. The van der Waals surface area contributed by atoms with Crippen molar-refractivity contribution in [2.75, 3.05) is 25.1 Å². The zero-order valence-electron chi connectivity index (χ0n) is 14.5. The first-order valence-corrected chi connectivity index (χ1v) is 9.58. The molecule has 142 valence electrons. The topological polar surface area (TPSA) is 49.6 Å². The van der Waals surface area contributed by atoms with Crippen LogP contribution in [0.15, 0.2) is 52.1 Å². The monoisotopic (exact) mass is 385 g/mol. The van der Waals surface area contributed by atoms with Gasteiger partial charge in [-0.25, -0.2) is 4.99 Å². The fraction of sp³-hybridized carbons (Fsp3) is 0.389. The van der Waals surface area contributed by atoms with E-state index in [2.05, 4.69) is 15.6 Å². The van der Waals surface area contributed by atoms with Crippen molar-refractivity contribution in [2.24, 2.45) is 4.99 Å². The van der Waals surface area contributed by atoms with E-state index < -0.39 is 11.7 Å². The standard InChI is InChI=1S/C18H22F3N3OS/c1-26-11-9-23-17(22-8-7-16-6-3-10-25-16)24-13-14-4-2-5-15(12-14)18(19,20)21/h2-6,10,12H,7-9,11,13H2,1H3,(H2,22,23,24). The predicted octanol–water partition coefficient (Wildman–Crippen LogP) is 3.94. The number of hydrogen-bond donors (Lipinski definition) is 2. The van der Waals surface area contributed by atoms with Crippen molar-refractivity contribution in [3.8, 4) is 0 Å². The summed E-state index contributed by atoms with van der Waals surface area (Å²) in [6.07, 6.45) is -0.0274. The maximum atomic E-state index is 12.8. The first-order valence-electron chi connectivity index (χ1n) is 8.18. The van der Waals surface area contributed by atoms with Crippen LogP contribution in [0.1, 0.15) is 16.9 Å². The number of rotatable bonds is 8. The smallest absolute Gasteiger partial charge is 0.416 e. The van der Waals surface area contributed by atoms with Crippen molar-refractivity contribution in [3.63, 3.8) is 0 Å². The molecule has 0 spiro atoms. The van der Waals surface area contributed by atoms with Crippen molar-refractivity contribution in [2.45, 2.75) is 19.1 Å².